The van der Waals surface area contributed by atoms with Crippen molar-refractivity contribution in [1.82, 2.24) is 15.2 Å². The number of benzene rings is 1. The van der Waals surface area contributed by atoms with E-state index < -0.39 is 0 Å². The number of aromatic nitrogens is 1. The first-order valence-electron chi connectivity index (χ1n) is 11.9. The fraction of sp³-hybridized carbons (Fsp3) is 0.600. The molecule has 6 heteroatoms. The molecule has 2 aromatic rings. The number of thiocarbonyl (C=S) groups is 1. The summed E-state index contributed by atoms with van der Waals surface area (Å²) in [4.78, 5) is 9.88. The minimum Gasteiger partial charge on any atom is -0.359 e. The second kappa shape index (κ2) is 9.70. The lowest BCUT2D eigenvalue weighted by Gasteiger charge is -2.35. The first kappa shape index (κ1) is 22.3. The highest BCUT2D eigenvalue weighted by molar-refractivity contribution is 7.80. The molecule has 4 rings (SSSR count). The monoisotopic (exact) mass is 439 g/mol. The molecule has 0 unspecified atom stereocenters. The summed E-state index contributed by atoms with van der Waals surface area (Å²) in [6.07, 6.45) is 3.80. The van der Waals surface area contributed by atoms with Crippen molar-refractivity contribution in [3.05, 3.63) is 29.8 Å². The van der Waals surface area contributed by atoms with Gasteiger partial charge in [0.25, 0.3) is 0 Å². The van der Waals surface area contributed by atoms with Gasteiger partial charge < -0.3 is 20.4 Å². The molecule has 0 amide bonds. The predicted molar refractivity (Wildman–Crippen MR) is 136 cm³/mol. The number of aryl methyl sites for hydroxylation is 1. The Morgan fingerprint density at radius 2 is 1.90 bits per heavy atom. The summed E-state index contributed by atoms with van der Waals surface area (Å²) in [6.45, 7) is 14.6. The molecule has 1 aliphatic heterocycles. The maximum Gasteiger partial charge on any atom is 0.171 e. The lowest BCUT2D eigenvalue weighted by Crippen LogP contribution is -2.46. The summed E-state index contributed by atoms with van der Waals surface area (Å²) in [5, 5.41) is 8.88. The average molecular weight is 440 g/mol. The van der Waals surface area contributed by atoms with E-state index in [1.807, 2.05) is 0 Å². The minimum absolute atomic E-state index is 0.461. The van der Waals surface area contributed by atoms with Gasteiger partial charge in [-0.25, -0.2) is 4.98 Å². The Kier molecular flexibility index (Phi) is 6.97. The first-order chi connectivity index (χ1) is 14.9. The first-order valence-corrected chi connectivity index (χ1v) is 12.3. The molecule has 1 aromatic heterocycles. The fourth-order valence-corrected chi connectivity index (χ4v) is 5.30. The molecule has 1 aliphatic carbocycles. The van der Waals surface area contributed by atoms with Crippen molar-refractivity contribution in [1.29, 1.82) is 0 Å². The summed E-state index contributed by atoms with van der Waals surface area (Å²) in [5.74, 6) is 2.50. The van der Waals surface area contributed by atoms with Gasteiger partial charge in [0.1, 0.15) is 5.82 Å². The van der Waals surface area contributed by atoms with Crippen LogP contribution < -0.4 is 15.5 Å². The third-order valence-electron chi connectivity index (χ3n) is 7.43. The van der Waals surface area contributed by atoms with E-state index in [4.69, 9.17) is 17.2 Å². The molecular formula is C25H37N5S. The molecule has 2 heterocycles. The Hall–Kier alpha value is -1.92. The van der Waals surface area contributed by atoms with Gasteiger partial charge in [0.15, 0.2) is 5.11 Å². The van der Waals surface area contributed by atoms with Gasteiger partial charge in [0.05, 0.1) is 5.52 Å². The molecule has 168 valence electrons. The number of piperazine rings is 1. The Morgan fingerprint density at radius 1 is 1.13 bits per heavy atom. The fourth-order valence-electron chi connectivity index (χ4n) is 5.03. The number of likely N-dealkylation sites (N-methyl/N-ethyl adjacent to an activating group) is 1. The van der Waals surface area contributed by atoms with Crippen LogP contribution in [-0.4, -0.2) is 53.8 Å². The standard InChI is InChI=1S/C25H37N5S/c1-5-29-11-13-30(14-12-29)24-15-18(3)21-16-20(9-10-23(21)27-24)26-25(31)28-22-8-6-7-17(2)19(22)4/h9-10,15-17,19,22H,5-8,11-14H2,1-4H3,(H2,26,28,31)/t17-,19+,22-/m1/s1. The maximum absolute atomic E-state index is 5.64. The number of nitrogens with one attached hydrogen (secondary N) is 2. The van der Waals surface area contributed by atoms with Crippen LogP contribution >= 0.6 is 12.2 Å². The molecule has 0 spiro atoms. The van der Waals surface area contributed by atoms with Gasteiger partial charge in [-0.3, -0.25) is 0 Å². The van der Waals surface area contributed by atoms with Crippen molar-refractivity contribution in [2.75, 3.05) is 42.9 Å². The van der Waals surface area contributed by atoms with Crippen LogP contribution in [-0.2, 0) is 0 Å². The Morgan fingerprint density at radius 3 is 2.65 bits per heavy atom. The van der Waals surface area contributed by atoms with Crippen molar-refractivity contribution < 1.29 is 0 Å². The maximum atomic E-state index is 5.64. The van der Waals surface area contributed by atoms with E-state index >= 15 is 0 Å². The number of anilines is 2. The second-order valence-corrected chi connectivity index (χ2v) is 9.83. The van der Waals surface area contributed by atoms with Crippen molar-refractivity contribution in [2.45, 2.75) is 53.0 Å². The summed E-state index contributed by atoms with van der Waals surface area (Å²) >= 11 is 5.64. The highest BCUT2D eigenvalue weighted by Crippen LogP contribution is 2.30. The zero-order chi connectivity index (χ0) is 22.0. The van der Waals surface area contributed by atoms with Crippen LogP contribution in [0.25, 0.3) is 10.9 Å². The van der Waals surface area contributed by atoms with E-state index in [0.717, 1.165) is 60.8 Å². The molecule has 0 bridgehead atoms. The van der Waals surface area contributed by atoms with Crippen LogP contribution in [0.5, 0.6) is 0 Å². The third kappa shape index (κ3) is 5.12. The summed E-state index contributed by atoms with van der Waals surface area (Å²) < 4.78 is 0. The zero-order valence-electron chi connectivity index (χ0n) is 19.4. The van der Waals surface area contributed by atoms with Crippen molar-refractivity contribution in [2.24, 2.45) is 11.8 Å². The van der Waals surface area contributed by atoms with Gasteiger partial charge >= 0.3 is 0 Å². The molecule has 3 atom stereocenters. The molecule has 5 nitrogen and oxygen atoms in total. The minimum atomic E-state index is 0.461. The second-order valence-electron chi connectivity index (χ2n) is 9.42. The molecule has 1 saturated carbocycles. The summed E-state index contributed by atoms with van der Waals surface area (Å²) in [6, 6.07) is 9.08. The Labute approximate surface area is 192 Å². The van der Waals surface area contributed by atoms with Crippen LogP contribution in [0.15, 0.2) is 24.3 Å². The number of hydrogen-bond donors (Lipinski definition) is 2. The van der Waals surface area contributed by atoms with E-state index in [0.29, 0.717) is 12.0 Å². The molecule has 2 aliphatic rings. The number of hydrogen-bond acceptors (Lipinski definition) is 4. The molecule has 1 saturated heterocycles. The van der Waals surface area contributed by atoms with Crippen LogP contribution in [0.3, 0.4) is 0 Å². The van der Waals surface area contributed by atoms with E-state index in [1.54, 1.807) is 0 Å². The molecular weight excluding hydrogens is 402 g/mol. The molecule has 2 N–H and O–H groups in total. The van der Waals surface area contributed by atoms with Gasteiger partial charge in [0, 0.05) is 43.3 Å². The zero-order valence-corrected chi connectivity index (χ0v) is 20.3. The normalized spacial score (nSPS) is 24.9. The van der Waals surface area contributed by atoms with Crippen molar-refractivity contribution in [3.8, 4) is 0 Å². The number of fused-ring (bicyclic) bond motifs is 1. The van der Waals surface area contributed by atoms with E-state index in [9.17, 15) is 0 Å². The van der Waals surface area contributed by atoms with Gasteiger partial charge in [-0.05, 0) is 73.8 Å². The number of rotatable bonds is 4. The van der Waals surface area contributed by atoms with Crippen LogP contribution in [0.1, 0.15) is 45.6 Å². The third-order valence-corrected chi connectivity index (χ3v) is 7.65. The van der Waals surface area contributed by atoms with Gasteiger partial charge in [-0.2, -0.15) is 0 Å². The van der Waals surface area contributed by atoms with Gasteiger partial charge in [-0.1, -0.05) is 33.6 Å². The van der Waals surface area contributed by atoms with Gasteiger partial charge in [0.2, 0.25) is 0 Å². The Balaban J connectivity index is 1.44. The molecule has 31 heavy (non-hydrogen) atoms. The SMILES string of the molecule is CCN1CCN(c2cc(C)c3cc(NC(=S)N[C@@H]4CCC[C@@H](C)[C@@H]4C)ccc3n2)CC1. The van der Waals surface area contributed by atoms with Crippen molar-refractivity contribution >= 4 is 39.7 Å². The smallest absolute Gasteiger partial charge is 0.171 e. The van der Waals surface area contributed by atoms with Gasteiger partial charge in [-0.15, -0.1) is 0 Å². The highest BCUT2D eigenvalue weighted by atomic mass is 32.1. The van der Waals surface area contributed by atoms with Crippen LogP contribution in [0.2, 0.25) is 0 Å². The van der Waals surface area contributed by atoms with E-state index in [1.165, 1.54) is 30.2 Å². The number of nitrogens with zero attached hydrogens (tertiary/aromatic N) is 3. The largest absolute Gasteiger partial charge is 0.359 e. The summed E-state index contributed by atoms with van der Waals surface area (Å²) in [7, 11) is 0. The molecule has 0 radical (unpaired) electrons. The quantitative estimate of drug-likeness (QED) is 0.668. The lowest BCUT2D eigenvalue weighted by atomic mass is 9.78. The molecule has 1 aromatic carbocycles. The van der Waals surface area contributed by atoms with Crippen LogP contribution in [0.4, 0.5) is 11.5 Å². The van der Waals surface area contributed by atoms with Crippen LogP contribution in [0, 0.1) is 18.8 Å². The van der Waals surface area contributed by atoms with E-state index in [-0.39, 0.29) is 0 Å². The van der Waals surface area contributed by atoms with Crippen molar-refractivity contribution in [3.63, 3.8) is 0 Å². The average Bonchev–Trinajstić information content (AvgIpc) is 2.77. The predicted octanol–water partition coefficient (Wildman–Crippen LogP) is 4.80. The van der Waals surface area contributed by atoms with E-state index in [2.05, 4.69) is 72.4 Å². The lowest BCUT2D eigenvalue weighted by molar-refractivity contribution is 0.225. The topological polar surface area (TPSA) is 43.4 Å². The Bertz CT molecular complexity index is 922. The molecule has 2 fully saturated rings. The highest BCUT2D eigenvalue weighted by Gasteiger charge is 2.27. The number of pyridine rings is 1. The summed E-state index contributed by atoms with van der Waals surface area (Å²) in [5.41, 5.74) is 3.33.